The van der Waals surface area contributed by atoms with Gasteiger partial charge in [0.2, 0.25) is 0 Å². The zero-order valence-corrected chi connectivity index (χ0v) is 12.1. The quantitative estimate of drug-likeness (QED) is 0.306. The van der Waals surface area contributed by atoms with Crippen molar-refractivity contribution in [3.8, 4) is 0 Å². The molecule has 0 heterocycles. The highest BCUT2D eigenvalue weighted by Gasteiger charge is 2.14. The molecule has 1 aromatic carbocycles. The van der Waals surface area contributed by atoms with Crippen LogP contribution >= 0.6 is 12.2 Å². The van der Waals surface area contributed by atoms with Gasteiger partial charge in [0.15, 0.2) is 11.7 Å². The van der Waals surface area contributed by atoms with E-state index < -0.39 is 18.5 Å². The van der Waals surface area contributed by atoms with Crippen LogP contribution in [0.3, 0.4) is 0 Å². The highest BCUT2D eigenvalue weighted by molar-refractivity contribution is 7.80. The molecule has 8 heteroatoms. The Morgan fingerprint density at radius 2 is 2.10 bits per heavy atom. The predicted octanol–water partition coefficient (Wildman–Crippen LogP) is 0.680. The summed E-state index contributed by atoms with van der Waals surface area (Å²) in [6.45, 7) is 1.06. The fourth-order valence-corrected chi connectivity index (χ4v) is 1.59. The lowest BCUT2D eigenvalue weighted by molar-refractivity contribution is -0.140. The molecule has 0 atom stereocenters. The molecule has 0 aliphatic carbocycles. The molecule has 4 N–H and O–H groups in total. The molecule has 0 saturated heterocycles. The summed E-state index contributed by atoms with van der Waals surface area (Å²) in [5, 5.41) is 12.5. The number of thiocarbonyl (C=S) groups is 1. The molecule has 0 aromatic heterocycles. The highest BCUT2D eigenvalue weighted by atomic mass is 32.1. The molecule has 1 rings (SSSR count). The first-order valence-corrected chi connectivity index (χ1v) is 6.36. The van der Waals surface area contributed by atoms with E-state index in [1.807, 2.05) is 0 Å². The minimum atomic E-state index is -1.21. The van der Waals surface area contributed by atoms with Crippen LogP contribution in [0.1, 0.15) is 22.8 Å². The van der Waals surface area contributed by atoms with Crippen LogP contribution in [0.15, 0.2) is 29.4 Å². The van der Waals surface area contributed by atoms with Gasteiger partial charge in [-0.2, -0.15) is 5.10 Å². The normalized spacial score (nSPS) is 10.8. The molecule has 0 fully saturated rings. The van der Waals surface area contributed by atoms with Gasteiger partial charge in [-0.15, -0.1) is 0 Å². The fraction of sp³-hybridized carbons (Fsp3) is 0.231. The number of hydrazone groups is 1. The summed E-state index contributed by atoms with van der Waals surface area (Å²) < 4.78 is 4.68. The number of esters is 1. The zero-order chi connectivity index (χ0) is 15.8. The molecule has 0 unspecified atom stereocenters. The third kappa shape index (κ3) is 6.00. The minimum absolute atomic E-state index is 0.0449. The monoisotopic (exact) mass is 309 g/mol. The van der Waals surface area contributed by atoms with Crippen molar-refractivity contribution in [2.24, 2.45) is 10.8 Å². The molecule has 7 nitrogen and oxygen atoms in total. The van der Waals surface area contributed by atoms with E-state index >= 15 is 0 Å². The van der Waals surface area contributed by atoms with Gasteiger partial charge in [0.25, 0.3) is 0 Å². The van der Waals surface area contributed by atoms with E-state index in [-0.39, 0.29) is 5.11 Å². The van der Waals surface area contributed by atoms with Crippen LogP contribution < -0.4 is 11.2 Å². The molecule has 1 aromatic rings. The second-order valence-corrected chi connectivity index (χ2v) is 4.57. The number of nitrogens with two attached hydrogens (primary N) is 1. The Balaban J connectivity index is 2.84. The largest absolute Gasteiger partial charge is 0.479 e. The summed E-state index contributed by atoms with van der Waals surface area (Å²) in [6, 6.07) is 6.73. The number of hydrogen-bond donors (Lipinski definition) is 3. The van der Waals surface area contributed by atoms with Gasteiger partial charge in [-0.25, -0.2) is 9.59 Å². The van der Waals surface area contributed by atoms with E-state index in [0.717, 1.165) is 0 Å². The first kappa shape index (κ1) is 16.6. The van der Waals surface area contributed by atoms with Crippen molar-refractivity contribution in [2.45, 2.75) is 13.3 Å². The van der Waals surface area contributed by atoms with Crippen LogP contribution in [-0.2, 0) is 16.0 Å². The lowest BCUT2D eigenvalue weighted by atomic mass is 10.0. The van der Waals surface area contributed by atoms with Gasteiger partial charge in [0, 0.05) is 12.1 Å². The summed E-state index contributed by atoms with van der Waals surface area (Å²) in [7, 11) is 0. The summed E-state index contributed by atoms with van der Waals surface area (Å²) in [5.41, 5.74) is 9.34. The SMILES string of the molecule is CC(Cc1ccccc1C(=O)OCC(=O)O)=NNC(N)=S. The number of nitrogens with one attached hydrogen (secondary N) is 1. The van der Waals surface area contributed by atoms with Gasteiger partial charge in [-0.3, -0.25) is 5.43 Å². The average Bonchev–Trinajstić information content (AvgIpc) is 2.43. The van der Waals surface area contributed by atoms with Crippen LogP contribution in [-0.4, -0.2) is 34.5 Å². The Kier molecular flexibility index (Phi) is 6.28. The van der Waals surface area contributed by atoms with Crippen molar-refractivity contribution in [1.29, 1.82) is 0 Å². The number of hydrogen-bond acceptors (Lipinski definition) is 5. The zero-order valence-electron chi connectivity index (χ0n) is 11.3. The van der Waals surface area contributed by atoms with E-state index in [1.54, 1.807) is 31.2 Å². The maximum absolute atomic E-state index is 11.8. The maximum atomic E-state index is 11.8. The Morgan fingerprint density at radius 3 is 2.71 bits per heavy atom. The highest BCUT2D eigenvalue weighted by Crippen LogP contribution is 2.12. The van der Waals surface area contributed by atoms with Gasteiger partial charge in [-0.1, -0.05) is 18.2 Å². The fourth-order valence-electron chi connectivity index (χ4n) is 1.54. The van der Waals surface area contributed by atoms with E-state index in [2.05, 4.69) is 27.5 Å². The lowest BCUT2D eigenvalue weighted by Crippen LogP contribution is -2.25. The number of ether oxygens (including phenoxy) is 1. The van der Waals surface area contributed by atoms with Crippen LogP contribution in [0.2, 0.25) is 0 Å². The number of rotatable bonds is 6. The lowest BCUT2D eigenvalue weighted by Gasteiger charge is -2.08. The molecule has 0 saturated carbocycles. The third-order valence-corrected chi connectivity index (χ3v) is 2.46. The Labute approximate surface area is 126 Å². The first-order valence-electron chi connectivity index (χ1n) is 5.95. The number of carbonyl (C=O) groups is 2. The number of benzene rings is 1. The summed E-state index contributed by atoms with van der Waals surface area (Å²) >= 11 is 4.63. The van der Waals surface area contributed by atoms with Crippen LogP contribution in [0.4, 0.5) is 0 Å². The molecule has 0 bridgehead atoms. The van der Waals surface area contributed by atoms with E-state index in [1.165, 1.54) is 0 Å². The van der Waals surface area contributed by atoms with E-state index in [9.17, 15) is 9.59 Å². The maximum Gasteiger partial charge on any atom is 0.341 e. The van der Waals surface area contributed by atoms with E-state index in [4.69, 9.17) is 10.8 Å². The molecular weight excluding hydrogens is 294 g/mol. The average molecular weight is 309 g/mol. The number of carboxylic acid groups (broad SMARTS) is 1. The van der Waals surface area contributed by atoms with Crippen molar-refractivity contribution in [3.63, 3.8) is 0 Å². The van der Waals surface area contributed by atoms with Crippen molar-refractivity contribution in [1.82, 2.24) is 5.43 Å². The molecule has 0 amide bonds. The minimum Gasteiger partial charge on any atom is -0.479 e. The number of aliphatic carboxylic acids is 1. The first-order chi connectivity index (χ1) is 9.90. The van der Waals surface area contributed by atoms with Gasteiger partial charge in [0.1, 0.15) is 0 Å². The summed E-state index contributed by atoms with van der Waals surface area (Å²) in [5.74, 6) is -1.90. The van der Waals surface area contributed by atoms with E-state index in [0.29, 0.717) is 23.3 Å². The number of nitrogens with zero attached hydrogens (tertiary/aromatic N) is 1. The van der Waals surface area contributed by atoms with Gasteiger partial charge < -0.3 is 15.6 Å². The second-order valence-electron chi connectivity index (χ2n) is 4.13. The Bertz CT molecular complexity index is 587. The van der Waals surface area contributed by atoms with Gasteiger partial charge in [0.05, 0.1) is 5.56 Å². The molecule has 21 heavy (non-hydrogen) atoms. The Hall–Kier alpha value is -2.48. The number of carboxylic acids is 1. The van der Waals surface area contributed by atoms with Crippen LogP contribution in [0.25, 0.3) is 0 Å². The smallest absolute Gasteiger partial charge is 0.341 e. The van der Waals surface area contributed by atoms with Gasteiger partial charge in [-0.05, 0) is 30.8 Å². The standard InChI is InChI=1S/C13H15N3O4S/c1-8(15-16-13(14)21)6-9-4-2-3-5-10(9)12(19)20-7-11(17)18/h2-5H,6-7H2,1H3,(H,17,18)(H3,14,16,21). The van der Waals surface area contributed by atoms with Crippen molar-refractivity contribution in [3.05, 3.63) is 35.4 Å². The predicted molar refractivity (Wildman–Crippen MR) is 81.1 cm³/mol. The van der Waals surface area contributed by atoms with Crippen molar-refractivity contribution >= 4 is 35.0 Å². The summed E-state index contributed by atoms with van der Waals surface area (Å²) in [6.07, 6.45) is 0.369. The molecule has 112 valence electrons. The van der Waals surface area contributed by atoms with Crippen molar-refractivity contribution in [2.75, 3.05) is 6.61 Å². The summed E-state index contributed by atoms with van der Waals surface area (Å²) in [4.78, 5) is 22.3. The van der Waals surface area contributed by atoms with Gasteiger partial charge >= 0.3 is 11.9 Å². The molecule has 0 aliphatic rings. The Morgan fingerprint density at radius 1 is 1.43 bits per heavy atom. The molecule has 0 radical (unpaired) electrons. The molecule has 0 spiro atoms. The van der Waals surface area contributed by atoms with Crippen LogP contribution in [0, 0.1) is 0 Å². The number of carbonyl (C=O) groups excluding carboxylic acids is 1. The molecule has 0 aliphatic heterocycles. The second kappa shape index (κ2) is 7.95. The van der Waals surface area contributed by atoms with Crippen LogP contribution in [0.5, 0.6) is 0 Å². The van der Waals surface area contributed by atoms with Crippen molar-refractivity contribution < 1.29 is 19.4 Å². The molecular formula is C13H15N3O4S. The third-order valence-electron chi connectivity index (χ3n) is 2.37. The topological polar surface area (TPSA) is 114 Å².